The molecule has 0 aromatic rings. The summed E-state index contributed by atoms with van der Waals surface area (Å²) in [5, 5.41) is 0. The van der Waals surface area contributed by atoms with Gasteiger partial charge in [-0.2, -0.15) is 0 Å². The highest BCUT2D eigenvalue weighted by atomic mass is 19.1. The molecule has 4 saturated heterocycles. The van der Waals surface area contributed by atoms with E-state index in [2.05, 4.69) is 203 Å². The first-order valence-corrected chi connectivity index (χ1v) is 25.0. The molecule has 4 aliphatic heterocycles. The van der Waals surface area contributed by atoms with E-state index in [1.54, 1.807) is 6.92 Å². The van der Waals surface area contributed by atoms with E-state index in [0.29, 0.717) is 48.6 Å². The molecule has 4 heterocycles. The summed E-state index contributed by atoms with van der Waals surface area (Å²) in [6.45, 7) is 55.1. The largest absolute Gasteiger partial charge is 0.300 e. The van der Waals surface area contributed by atoms with Crippen LogP contribution in [0, 0.1) is 59.2 Å². The number of hydrogen-bond acceptors (Lipinski definition) is 4. The second-order valence-corrected chi connectivity index (χ2v) is 20.4. The van der Waals surface area contributed by atoms with Crippen molar-refractivity contribution in [1.82, 2.24) is 19.6 Å². The number of halogens is 1. The summed E-state index contributed by atoms with van der Waals surface area (Å²) in [7, 11) is 0. The lowest BCUT2D eigenvalue weighted by molar-refractivity contribution is -0.00937. The third kappa shape index (κ3) is 48.8. The van der Waals surface area contributed by atoms with E-state index >= 15 is 0 Å². The summed E-state index contributed by atoms with van der Waals surface area (Å²) in [6.07, 6.45) is 29.8. The molecule has 0 aliphatic carbocycles. The standard InChI is InChI=1S/C11H21N.C10H18FN.C10H19N.C9H17N.C6H12.C6H10.C5H10/c1-11(2)7-6-10-12-8-4-3-5-9-12;1-9(2)5-4-6-12-7-10(3,11)8-12;1-9(2)5-4-6-11-7-10(3)8-11;1-9(2)5-3-6-10-7-4-8-10;2*1-4-5-6(2)3;1-4-5(2)3/h6-7,11H,3-5,8-10H2,1-2H3;4-5,9H,6-8H2,1-3H3;4-5,9-10H,6-8H2,1-3H3;3,5,9H,4,6-8H2,1-2H3;4-6H,1-3H3;6H,1-3H3;4-5H,1H2,2-3H3/b7-6+;2*5-4+;5-3+;5-4+;;. The Morgan fingerprint density at radius 3 is 1.10 bits per heavy atom. The third-order valence-electron chi connectivity index (χ3n) is 9.66. The molecule has 0 aromatic heterocycles. The van der Waals surface area contributed by atoms with E-state index < -0.39 is 5.67 Å². The van der Waals surface area contributed by atoms with Crippen molar-refractivity contribution < 1.29 is 4.39 Å². The summed E-state index contributed by atoms with van der Waals surface area (Å²) in [5.41, 5.74) is -0.925. The first-order valence-electron chi connectivity index (χ1n) is 25.0. The molecule has 4 nitrogen and oxygen atoms in total. The van der Waals surface area contributed by atoms with E-state index in [-0.39, 0.29) is 0 Å². The molecule has 0 bridgehead atoms. The number of rotatable bonds is 14. The SMILES string of the molecule is C/C=C/C(C)C.C=CC(C)C.CC#CC(C)C.CC(C)/C=C/CN1CC(C)(F)C1.CC(C)/C=C/CN1CC(C)C1.CC(C)/C=C/CN1CCC1.CC(C)/C=C/CN1CCCCC1. The molecule has 4 rings (SSSR count). The van der Waals surface area contributed by atoms with Crippen LogP contribution in [0.25, 0.3) is 0 Å². The Balaban J connectivity index is -0.000000671. The maximum atomic E-state index is 13.0. The molecule has 62 heavy (non-hydrogen) atoms. The highest BCUT2D eigenvalue weighted by Crippen LogP contribution is 2.23. The van der Waals surface area contributed by atoms with Crippen molar-refractivity contribution in [3.05, 3.63) is 73.4 Å². The number of likely N-dealkylation sites (tertiary alicyclic amines) is 4. The minimum absolute atomic E-state index is 0.537. The molecular weight excluding hydrogens is 760 g/mol. The Labute approximate surface area is 389 Å². The molecule has 0 saturated carbocycles. The minimum Gasteiger partial charge on any atom is -0.300 e. The van der Waals surface area contributed by atoms with Gasteiger partial charge in [0.05, 0.1) is 0 Å². The van der Waals surface area contributed by atoms with Crippen LogP contribution in [0.4, 0.5) is 4.39 Å². The summed E-state index contributed by atoms with van der Waals surface area (Å²) in [5.74, 6) is 11.3. The van der Waals surface area contributed by atoms with Gasteiger partial charge in [-0.1, -0.05) is 177 Å². The highest BCUT2D eigenvalue weighted by molar-refractivity contribution is 4.98. The normalized spacial score (nSPS) is 18.2. The average molecular weight is 868 g/mol. The van der Waals surface area contributed by atoms with Crippen LogP contribution in [0.1, 0.15) is 150 Å². The lowest BCUT2D eigenvalue weighted by Gasteiger charge is -2.41. The fourth-order valence-electron chi connectivity index (χ4n) is 6.30. The van der Waals surface area contributed by atoms with Gasteiger partial charge >= 0.3 is 0 Å². The van der Waals surface area contributed by atoms with Crippen LogP contribution in [0.3, 0.4) is 0 Å². The van der Waals surface area contributed by atoms with Crippen LogP contribution in [-0.2, 0) is 0 Å². The van der Waals surface area contributed by atoms with E-state index in [1.165, 1.54) is 65.0 Å². The van der Waals surface area contributed by atoms with Crippen LogP contribution in [0.5, 0.6) is 0 Å². The summed E-state index contributed by atoms with van der Waals surface area (Å²) in [4.78, 5) is 9.59. The zero-order chi connectivity index (χ0) is 47.9. The molecule has 0 amide bonds. The maximum Gasteiger partial charge on any atom is 0.133 e. The third-order valence-corrected chi connectivity index (χ3v) is 9.66. The summed E-state index contributed by atoms with van der Waals surface area (Å²) < 4.78 is 13.0. The van der Waals surface area contributed by atoms with Gasteiger partial charge in [0.25, 0.3) is 0 Å². The average Bonchev–Trinajstić information content (AvgIpc) is 3.12. The number of allylic oxidation sites excluding steroid dienone is 7. The minimum atomic E-state index is -0.925. The molecular formula is C57H107FN4. The topological polar surface area (TPSA) is 13.0 Å². The van der Waals surface area contributed by atoms with Crippen molar-refractivity contribution in [2.45, 2.75) is 156 Å². The highest BCUT2D eigenvalue weighted by Gasteiger charge is 2.37. The Bertz CT molecular complexity index is 1200. The van der Waals surface area contributed by atoms with Gasteiger partial charge in [0.1, 0.15) is 5.67 Å². The van der Waals surface area contributed by atoms with Crippen LogP contribution < -0.4 is 0 Å². The van der Waals surface area contributed by atoms with Crippen molar-refractivity contribution in [2.75, 3.05) is 78.5 Å². The zero-order valence-electron chi connectivity index (χ0n) is 44.7. The first-order chi connectivity index (χ1) is 29.1. The second-order valence-electron chi connectivity index (χ2n) is 20.4. The lowest BCUT2D eigenvalue weighted by Crippen LogP contribution is -2.56. The van der Waals surface area contributed by atoms with Crippen LogP contribution in [0.15, 0.2) is 73.4 Å². The van der Waals surface area contributed by atoms with Gasteiger partial charge in [-0.3, -0.25) is 19.6 Å². The lowest BCUT2D eigenvalue weighted by atomic mass is 9.99. The van der Waals surface area contributed by atoms with Gasteiger partial charge in [-0.25, -0.2) is 4.39 Å². The molecule has 4 aliphatic rings. The number of hydrogen-bond donors (Lipinski definition) is 0. The molecule has 4 fully saturated rings. The van der Waals surface area contributed by atoms with Gasteiger partial charge in [-0.15, -0.1) is 18.4 Å². The zero-order valence-corrected chi connectivity index (χ0v) is 44.7. The molecule has 0 N–H and O–H groups in total. The van der Waals surface area contributed by atoms with Crippen LogP contribution >= 0.6 is 0 Å². The van der Waals surface area contributed by atoms with E-state index in [9.17, 15) is 4.39 Å². The maximum absolute atomic E-state index is 13.0. The fourth-order valence-corrected chi connectivity index (χ4v) is 6.30. The number of nitrogens with zero attached hydrogens (tertiary/aromatic N) is 4. The van der Waals surface area contributed by atoms with Crippen molar-refractivity contribution >= 4 is 0 Å². The van der Waals surface area contributed by atoms with Crippen molar-refractivity contribution in [1.29, 1.82) is 0 Å². The molecule has 0 atom stereocenters. The van der Waals surface area contributed by atoms with Gasteiger partial charge in [-0.05, 0) is 108 Å². The predicted molar refractivity (Wildman–Crippen MR) is 282 cm³/mol. The van der Waals surface area contributed by atoms with Gasteiger partial charge in [0, 0.05) is 58.3 Å². The number of alkyl halides is 1. The molecule has 0 spiro atoms. The number of piperidine rings is 1. The first kappa shape index (κ1) is 64.1. The van der Waals surface area contributed by atoms with Gasteiger partial charge in [0.15, 0.2) is 0 Å². The van der Waals surface area contributed by atoms with Gasteiger partial charge in [0.2, 0.25) is 0 Å². The van der Waals surface area contributed by atoms with E-state index in [1.807, 2.05) is 19.9 Å². The summed E-state index contributed by atoms with van der Waals surface area (Å²) in [6, 6.07) is 0. The van der Waals surface area contributed by atoms with Crippen LogP contribution in [0.2, 0.25) is 0 Å². The molecule has 362 valence electrons. The van der Waals surface area contributed by atoms with Crippen molar-refractivity contribution in [3.8, 4) is 11.8 Å². The Hall–Kier alpha value is -2.23. The van der Waals surface area contributed by atoms with Crippen molar-refractivity contribution in [2.24, 2.45) is 47.3 Å². The fraction of sp³-hybridized carbons (Fsp3) is 0.754. The Morgan fingerprint density at radius 1 is 0.548 bits per heavy atom. The van der Waals surface area contributed by atoms with Gasteiger partial charge < -0.3 is 0 Å². The Kier molecular flexibility index (Phi) is 42.8. The monoisotopic (exact) mass is 867 g/mol. The van der Waals surface area contributed by atoms with E-state index in [4.69, 9.17) is 0 Å². The Morgan fingerprint density at radius 2 is 0.887 bits per heavy atom. The second kappa shape index (κ2) is 41.5. The van der Waals surface area contributed by atoms with Crippen LogP contribution in [-0.4, -0.2) is 104 Å². The predicted octanol–water partition coefficient (Wildman–Crippen LogP) is 14.7. The molecule has 0 aromatic carbocycles. The quantitative estimate of drug-likeness (QED) is 0.127. The van der Waals surface area contributed by atoms with Crippen molar-refractivity contribution in [3.63, 3.8) is 0 Å². The van der Waals surface area contributed by atoms with E-state index in [0.717, 1.165) is 38.0 Å². The smallest absolute Gasteiger partial charge is 0.133 e. The molecule has 0 unspecified atom stereocenters. The molecule has 0 radical (unpaired) electrons. The molecule has 5 heteroatoms. The summed E-state index contributed by atoms with van der Waals surface area (Å²) >= 11 is 0.